The van der Waals surface area contributed by atoms with Crippen LogP contribution in [-0.4, -0.2) is 26.2 Å². The van der Waals surface area contributed by atoms with Gasteiger partial charge in [0.15, 0.2) is 0 Å². The summed E-state index contributed by atoms with van der Waals surface area (Å²) in [5.41, 5.74) is 0.835. The highest BCUT2D eigenvalue weighted by atomic mass is 32.2. The monoisotopic (exact) mass is 327 g/mol. The van der Waals surface area contributed by atoms with Crippen LogP contribution in [0.1, 0.15) is 53.5 Å². The number of hydrogen-bond acceptors (Lipinski definition) is 3. The van der Waals surface area contributed by atoms with Crippen molar-refractivity contribution >= 4 is 10.0 Å². The number of sulfonamides is 1. The van der Waals surface area contributed by atoms with E-state index in [4.69, 9.17) is 0 Å². The lowest BCUT2D eigenvalue weighted by molar-refractivity contribution is 0.0571. The molecule has 0 saturated carbocycles. The van der Waals surface area contributed by atoms with E-state index in [-0.39, 0.29) is 22.3 Å². The Morgan fingerprint density at radius 1 is 1.05 bits per heavy atom. The Hall–Kier alpha value is -0.910. The quantitative estimate of drug-likeness (QED) is 0.873. The molecule has 126 valence electrons. The van der Waals surface area contributed by atoms with Crippen molar-refractivity contribution in [3.05, 3.63) is 29.8 Å². The molecular formula is C17H29NO3S. The van der Waals surface area contributed by atoms with E-state index in [0.717, 1.165) is 5.56 Å². The van der Waals surface area contributed by atoms with Crippen molar-refractivity contribution in [3.8, 4) is 0 Å². The van der Waals surface area contributed by atoms with Gasteiger partial charge in [0.2, 0.25) is 10.0 Å². The van der Waals surface area contributed by atoms with Crippen LogP contribution < -0.4 is 4.72 Å². The second-order valence-electron chi connectivity index (χ2n) is 7.84. The Bertz CT molecular complexity index is 578. The van der Waals surface area contributed by atoms with Crippen molar-refractivity contribution in [3.63, 3.8) is 0 Å². The zero-order valence-electron chi connectivity index (χ0n) is 14.5. The van der Waals surface area contributed by atoms with E-state index in [1.807, 2.05) is 32.9 Å². The van der Waals surface area contributed by atoms with Gasteiger partial charge in [-0.3, -0.25) is 0 Å². The first-order valence-electron chi connectivity index (χ1n) is 7.62. The molecule has 0 heterocycles. The fourth-order valence-corrected chi connectivity index (χ4v) is 3.03. The molecule has 0 radical (unpaired) electrons. The van der Waals surface area contributed by atoms with Gasteiger partial charge in [0.05, 0.1) is 11.0 Å². The predicted octanol–water partition coefficient (Wildman–Crippen LogP) is 3.06. The fourth-order valence-electron chi connectivity index (χ4n) is 1.98. The van der Waals surface area contributed by atoms with Crippen LogP contribution in [0.25, 0.3) is 0 Å². The minimum absolute atomic E-state index is 0.00740. The van der Waals surface area contributed by atoms with E-state index < -0.39 is 16.1 Å². The predicted molar refractivity (Wildman–Crippen MR) is 90.4 cm³/mol. The molecule has 1 rings (SSSR count). The van der Waals surface area contributed by atoms with Crippen LogP contribution in [-0.2, 0) is 15.4 Å². The van der Waals surface area contributed by atoms with Gasteiger partial charge in [-0.2, -0.15) is 0 Å². The first kappa shape index (κ1) is 19.1. The van der Waals surface area contributed by atoms with Crippen LogP contribution in [0.3, 0.4) is 0 Å². The normalized spacial score (nSPS) is 14.9. The topological polar surface area (TPSA) is 66.4 Å². The maximum atomic E-state index is 12.2. The molecular weight excluding hydrogens is 298 g/mol. The average Bonchev–Trinajstić information content (AvgIpc) is 2.36. The molecule has 0 aliphatic heterocycles. The number of aliphatic hydroxyl groups is 1. The van der Waals surface area contributed by atoms with E-state index in [1.54, 1.807) is 12.1 Å². The van der Waals surface area contributed by atoms with Gasteiger partial charge in [-0.1, -0.05) is 53.7 Å². The van der Waals surface area contributed by atoms with Gasteiger partial charge >= 0.3 is 0 Å². The number of rotatable bonds is 5. The minimum atomic E-state index is -3.52. The summed E-state index contributed by atoms with van der Waals surface area (Å²) in [5, 5.41) is 9.94. The number of nitrogens with one attached hydrogen (secondary N) is 1. The standard InChI is InChI=1S/C17H29NO3S/c1-16(2,3)13-7-9-14(10-8-13)22(20,21)18-12-11-15(19)17(4,5)6/h7-10,15,18-19H,11-12H2,1-6H3. The van der Waals surface area contributed by atoms with Gasteiger partial charge in [0, 0.05) is 6.54 Å². The van der Waals surface area contributed by atoms with Gasteiger partial charge in [0.1, 0.15) is 0 Å². The van der Waals surface area contributed by atoms with Crippen LogP contribution in [0.5, 0.6) is 0 Å². The van der Waals surface area contributed by atoms with E-state index in [0.29, 0.717) is 6.42 Å². The van der Waals surface area contributed by atoms with Crippen molar-refractivity contribution in [2.45, 2.75) is 64.4 Å². The zero-order valence-corrected chi connectivity index (χ0v) is 15.3. The molecule has 0 amide bonds. The summed E-state index contributed by atoms with van der Waals surface area (Å²) < 4.78 is 27.0. The second-order valence-corrected chi connectivity index (χ2v) is 9.61. The smallest absolute Gasteiger partial charge is 0.240 e. The van der Waals surface area contributed by atoms with Crippen LogP contribution in [0.2, 0.25) is 0 Å². The first-order chi connectivity index (χ1) is 9.84. The lowest BCUT2D eigenvalue weighted by atomic mass is 9.87. The lowest BCUT2D eigenvalue weighted by Crippen LogP contribution is -2.32. The molecule has 4 nitrogen and oxygen atoms in total. The summed E-state index contributed by atoms with van der Waals surface area (Å²) in [6.45, 7) is 12.3. The molecule has 1 aromatic carbocycles. The van der Waals surface area contributed by atoms with E-state index in [1.165, 1.54) is 0 Å². The number of hydrogen-bond donors (Lipinski definition) is 2. The summed E-state index contributed by atoms with van der Waals surface area (Å²) >= 11 is 0. The second kappa shape index (κ2) is 6.69. The lowest BCUT2D eigenvalue weighted by Gasteiger charge is -2.25. The molecule has 0 aliphatic rings. The van der Waals surface area contributed by atoms with Crippen LogP contribution >= 0.6 is 0 Å². The maximum absolute atomic E-state index is 12.2. The minimum Gasteiger partial charge on any atom is -0.393 e. The Morgan fingerprint density at radius 2 is 1.55 bits per heavy atom. The fraction of sp³-hybridized carbons (Fsp3) is 0.647. The third-order valence-corrected chi connectivity index (χ3v) is 5.22. The van der Waals surface area contributed by atoms with Crippen molar-refractivity contribution in [2.24, 2.45) is 5.41 Å². The van der Waals surface area contributed by atoms with Crippen molar-refractivity contribution < 1.29 is 13.5 Å². The van der Waals surface area contributed by atoms with E-state index in [9.17, 15) is 13.5 Å². The molecule has 1 aromatic rings. The van der Waals surface area contributed by atoms with E-state index >= 15 is 0 Å². The third kappa shape index (κ3) is 5.38. The highest BCUT2D eigenvalue weighted by Crippen LogP contribution is 2.24. The van der Waals surface area contributed by atoms with Crippen LogP contribution in [0, 0.1) is 5.41 Å². The molecule has 2 N–H and O–H groups in total. The van der Waals surface area contributed by atoms with Gasteiger partial charge in [0.25, 0.3) is 0 Å². The Kier molecular flexibility index (Phi) is 5.82. The zero-order chi connectivity index (χ0) is 17.2. The Balaban J connectivity index is 2.71. The molecule has 22 heavy (non-hydrogen) atoms. The largest absolute Gasteiger partial charge is 0.393 e. The highest BCUT2D eigenvalue weighted by Gasteiger charge is 2.23. The molecule has 1 unspecified atom stereocenters. The number of aliphatic hydroxyl groups excluding tert-OH is 1. The third-order valence-electron chi connectivity index (χ3n) is 3.74. The summed E-state index contributed by atoms with van der Waals surface area (Å²) in [4.78, 5) is 0.255. The van der Waals surface area contributed by atoms with Gasteiger partial charge in [-0.25, -0.2) is 13.1 Å². The van der Waals surface area contributed by atoms with Gasteiger partial charge in [-0.05, 0) is 34.9 Å². The molecule has 0 saturated heterocycles. The van der Waals surface area contributed by atoms with Gasteiger partial charge in [-0.15, -0.1) is 0 Å². The molecule has 0 aliphatic carbocycles. The molecule has 0 aromatic heterocycles. The van der Waals surface area contributed by atoms with Gasteiger partial charge < -0.3 is 5.11 Å². The summed E-state index contributed by atoms with van der Waals surface area (Å²) in [5.74, 6) is 0. The maximum Gasteiger partial charge on any atom is 0.240 e. The summed E-state index contributed by atoms with van der Waals surface area (Å²) in [6, 6.07) is 6.95. The summed E-state index contributed by atoms with van der Waals surface area (Å²) in [6.07, 6.45) is -0.151. The average molecular weight is 327 g/mol. The van der Waals surface area contributed by atoms with E-state index in [2.05, 4.69) is 25.5 Å². The van der Waals surface area contributed by atoms with Crippen LogP contribution in [0.15, 0.2) is 29.2 Å². The molecule has 0 bridgehead atoms. The van der Waals surface area contributed by atoms with Crippen LogP contribution in [0.4, 0.5) is 0 Å². The number of benzene rings is 1. The van der Waals surface area contributed by atoms with Crippen molar-refractivity contribution in [2.75, 3.05) is 6.54 Å². The highest BCUT2D eigenvalue weighted by molar-refractivity contribution is 7.89. The Labute approximate surface area is 135 Å². The first-order valence-corrected chi connectivity index (χ1v) is 9.10. The SMILES string of the molecule is CC(C)(C)c1ccc(S(=O)(=O)NCCC(O)C(C)(C)C)cc1. The Morgan fingerprint density at radius 3 is 1.95 bits per heavy atom. The summed E-state index contributed by atoms with van der Waals surface area (Å²) in [7, 11) is -3.52. The molecule has 0 spiro atoms. The molecule has 1 atom stereocenters. The molecule has 5 heteroatoms. The molecule has 0 fully saturated rings. The van der Waals surface area contributed by atoms with Crippen molar-refractivity contribution in [1.82, 2.24) is 4.72 Å². The van der Waals surface area contributed by atoms with Crippen molar-refractivity contribution in [1.29, 1.82) is 0 Å².